The van der Waals surface area contributed by atoms with Crippen molar-refractivity contribution in [3.8, 4) is 0 Å². The summed E-state index contributed by atoms with van der Waals surface area (Å²) >= 11 is 0. The van der Waals surface area contributed by atoms with Gasteiger partial charge in [0.15, 0.2) is 11.6 Å². The predicted molar refractivity (Wildman–Crippen MR) is 102 cm³/mol. The van der Waals surface area contributed by atoms with Crippen molar-refractivity contribution in [2.75, 3.05) is 13.1 Å². The first-order valence-corrected chi connectivity index (χ1v) is 10.4. The van der Waals surface area contributed by atoms with Crippen LogP contribution in [0.25, 0.3) is 10.9 Å². The van der Waals surface area contributed by atoms with Gasteiger partial charge in [0.05, 0.1) is 15.8 Å². The number of aromatic nitrogens is 2. The first kappa shape index (κ1) is 19.5. The average molecular weight is 421 g/mol. The monoisotopic (exact) mass is 421 g/mol. The van der Waals surface area contributed by atoms with E-state index in [2.05, 4.69) is 9.97 Å². The number of nitrogens with one attached hydrogen (secondary N) is 2. The lowest BCUT2D eigenvalue weighted by atomic mass is 9.91. The molecule has 1 saturated heterocycles. The van der Waals surface area contributed by atoms with Crippen molar-refractivity contribution in [1.29, 1.82) is 0 Å². The maximum absolute atomic E-state index is 13.6. The van der Waals surface area contributed by atoms with Crippen LogP contribution in [0, 0.1) is 11.6 Å². The van der Waals surface area contributed by atoms with Crippen LogP contribution in [0.1, 0.15) is 24.3 Å². The van der Waals surface area contributed by atoms with Gasteiger partial charge < -0.3 is 4.98 Å². The SMILES string of the molecule is O=c1[nH]c(=O)c2cc(S(=O)(=O)N3CCCC(c4ccc(F)c(F)c4)C3)ccc2[nH]1. The fraction of sp³-hybridized carbons (Fsp3) is 0.263. The maximum atomic E-state index is 13.6. The van der Waals surface area contributed by atoms with Crippen LogP contribution in [0.4, 0.5) is 8.78 Å². The van der Waals surface area contributed by atoms with Crippen molar-refractivity contribution in [3.05, 3.63) is 74.4 Å². The Hall–Kier alpha value is -2.85. The molecule has 1 aliphatic rings. The second-order valence-corrected chi connectivity index (χ2v) is 8.93. The summed E-state index contributed by atoms with van der Waals surface area (Å²) in [5, 5.41) is 0.0554. The van der Waals surface area contributed by atoms with Crippen LogP contribution in [-0.2, 0) is 10.0 Å². The summed E-state index contributed by atoms with van der Waals surface area (Å²) in [4.78, 5) is 27.8. The number of aromatic amines is 2. The molecule has 0 spiro atoms. The lowest BCUT2D eigenvalue weighted by molar-refractivity contribution is 0.315. The van der Waals surface area contributed by atoms with Gasteiger partial charge in [-0.15, -0.1) is 0 Å². The first-order valence-electron chi connectivity index (χ1n) is 8.97. The third-order valence-electron chi connectivity index (χ3n) is 5.15. The van der Waals surface area contributed by atoms with E-state index in [0.29, 0.717) is 18.4 Å². The van der Waals surface area contributed by atoms with Crippen molar-refractivity contribution in [2.45, 2.75) is 23.7 Å². The molecule has 1 atom stereocenters. The zero-order valence-electron chi connectivity index (χ0n) is 15.1. The van der Waals surface area contributed by atoms with Crippen molar-refractivity contribution in [1.82, 2.24) is 14.3 Å². The Balaban J connectivity index is 1.67. The molecule has 2 aromatic carbocycles. The van der Waals surface area contributed by atoms with Gasteiger partial charge in [-0.25, -0.2) is 22.0 Å². The normalized spacial score (nSPS) is 18.2. The Kier molecular flexibility index (Phi) is 4.83. The second kappa shape index (κ2) is 7.20. The summed E-state index contributed by atoms with van der Waals surface area (Å²) in [7, 11) is -3.92. The number of fused-ring (bicyclic) bond motifs is 1. The fourth-order valence-corrected chi connectivity index (χ4v) is 5.20. The summed E-state index contributed by atoms with van der Waals surface area (Å²) in [5.41, 5.74) is -0.588. The van der Waals surface area contributed by atoms with Crippen LogP contribution in [0.3, 0.4) is 0 Å². The van der Waals surface area contributed by atoms with Gasteiger partial charge >= 0.3 is 5.69 Å². The molecule has 0 saturated carbocycles. The first-order chi connectivity index (χ1) is 13.8. The van der Waals surface area contributed by atoms with Gasteiger partial charge in [0, 0.05) is 13.1 Å². The van der Waals surface area contributed by atoms with Crippen LogP contribution in [0.15, 0.2) is 50.9 Å². The van der Waals surface area contributed by atoms with Gasteiger partial charge in [-0.05, 0) is 54.7 Å². The van der Waals surface area contributed by atoms with E-state index in [1.54, 1.807) is 0 Å². The van der Waals surface area contributed by atoms with Crippen LogP contribution < -0.4 is 11.2 Å². The van der Waals surface area contributed by atoms with E-state index in [1.165, 1.54) is 28.6 Å². The molecule has 7 nitrogen and oxygen atoms in total. The molecule has 1 unspecified atom stereocenters. The number of hydrogen-bond acceptors (Lipinski definition) is 4. The lowest BCUT2D eigenvalue weighted by Crippen LogP contribution is -2.39. The van der Waals surface area contributed by atoms with E-state index in [0.717, 1.165) is 12.1 Å². The smallest absolute Gasteiger partial charge is 0.307 e. The number of halogens is 2. The van der Waals surface area contributed by atoms with Gasteiger partial charge in [0.1, 0.15) is 0 Å². The number of nitrogens with zero attached hydrogens (tertiary/aromatic N) is 1. The van der Waals surface area contributed by atoms with Crippen LogP contribution in [-0.4, -0.2) is 35.8 Å². The zero-order valence-corrected chi connectivity index (χ0v) is 15.9. The second-order valence-electron chi connectivity index (χ2n) is 6.99. The highest BCUT2D eigenvalue weighted by Gasteiger charge is 2.31. The Morgan fingerprint density at radius 1 is 1.00 bits per heavy atom. The Morgan fingerprint density at radius 3 is 2.55 bits per heavy atom. The molecule has 0 bridgehead atoms. The summed E-state index contributed by atoms with van der Waals surface area (Å²) < 4.78 is 54.3. The van der Waals surface area contributed by atoms with E-state index in [4.69, 9.17) is 0 Å². The number of H-pyrrole nitrogens is 2. The molecule has 2 heterocycles. The topological polar surface area (TPSA) is 103 Å². The molecular formula is C19H17F2N3O4S. The van der Waals surface area contributed by atoms with Crippen molar-refractivity contribution < 1.29 is 17.2 Å². The minimum atomic E-state index is -3.92. The van der Waals surface area contributed by atoms with Gasteiger partial charge in [-0.3, -0.25) is 9.78 Å². The molecule has 2 N–H and O–H groups in total. The highest BCUT2D eigenvalue weighted by atomic mass is 32.2. The Bertz CT molecular complexity index is 1320. The van der Waals surface area contributed by atoms with E-state index in [-0.39, 0.29) is 34.8 Å². The molecule has 3 aromatic rings. The molecule has 152 valence electrons. The van der Waals surface area contributed by atoms with E-state index >= 15 is 0 Å². The summed E-state index contributed by atoms with van der Waals surface area (Å²) in [6.45, 7) is 0.399. The number of piperidine rings is 1. The summed E-state index contributed by atoms with van der Waals surface area (Å²) in [6.07, 6.45) is 1.21. The molecule has 1 fully saturated rings. The summed E-state index contributed by atoms with van der Waals surface area (Å²) in [6, 6.07) is 7.52. The van der Waals surface area contributed by atoms with Crippen molar-refractivity contribution in [3.63, 3.8) is 0 Å². The third-order valence-corrected chi connectivity index (χ3v) is 7.01. The van der Waals surface area contributed by atoms with Crippen molar-refractivity contribution in [2.24, 2.45) is 0 Å². The highest BCUT2D eigenvalue weighted by molar-refractivity contribution is 7.89. The van der Waals surface area contributed by atoms with Crippen molar-refractivity contribution >= 4 is 20.9 Å². The van der Waals surface area contributed by atoms with E-state index in [1.807, 2.05) is 0 Å². The number of rotatable bonds is 3. The predicted octanol–water partition coefficient (Wildman–Crippen LogP) is 2.06. The van der Waals surface area contributed by atoms with E-state index in [9.17, 15) is 26.8 Å². The molecular weight excluding hydrogens is 404 g/mol. The third kappa shape index (κ3) is 3.60. The van der Waals surface area contributed by atoms with Gasteiger partial charge in [-0.2, -0.15) is 4.31 Å². The van der Waals surface area contributed by atoms with Gasteiger partial charge in [0.25, 0.3) is 5.56 Å². The minimum absolute atomic E-state index is 0.0554. The molecule has 0 amide bonds. The Morgan fingerprint density at radius 2 is 1.79 bits per heavy atom. The van der Waals surface area contributed by atoms with E-state index < -0.39 is 32.9 Å². The summed E-state index contributed by atoms with van der Waals surface area (Å²) in [5.74, 6) is -2.19. The quantitative estimate of drug-likeness (QED) is 0.676. The molecule has 0 aliphatic carbocycles. The maximum Gasteiger partial charge on any atom is 0.326 e. The number of hydrogen-bond donors (Lipinski definition) is 2. The standard InChI is InChI=1S/C19H17F2N3O4S/c20-15-5-3-11(8-16(15)21)12-2-1-7-24(10-12)29(27,28)13-4-6-17-14(9-13)18(25)23-19(26)22-17/h3-6,8-9,12H,1-2,7,10H2,(H2,22,23,25,26). The Labute approximate surface area is 164 Å². The van der Waals surface area contributed by atoms with Gasteiger partial charge in [0.2, 0.25) is 10.0 Å². The van der Waals surface area contributed by atoms with Crippen LogP contribution >= 0.6 is 0 Å². The van der Waals surface area contributed by atoms with Crippen LogP contribution in [0.2, 0.25) is 0 Å². The number of sulfonamides is 1. The minimum Gasteiger partial charge on any atom is -0.307 e. The average Bonchev–Trinajstić information content (AvgIpc) is 2.69. The lowest BCUT2D eigenvalue weighted by Gasteiger charge is -2.32. The molecule has 1 aliphatic heterocycles. The molecule has 0 radical (unpaired) electrons. The van der Waals surface area contributed by atoms with Gasteiger partial charge in [-0.1, -0.05) is 6.07 Å². The van der Waals surface area contributed by atoms with Crippen LogP contribution in [0.5, 0.6) is 0 Å². The molecule has 4 rings (SSSR count). The molecule has 1 aromatic heterocycles. The fourth-order valence-electron chi connectivity index (χ4n) is 3.65. The largest absolute Gasteiger partial charge is 0.326 e. The number of benzene rings is 2. The molecule has 10 heteroatoms. The molecule has 29 heavy (non-hydrogen) atoms. The zero-order chi connectivity index (χ0) is 20.8. The highest BCUT2D eigenvalue weighted by Crippen LogP contribution is 2.31.